The van der Waals surface area contributed by atoms with Gasteiger partial charge in [-0.2, -0.15) is 0 Å². The fourth-order valence-electron chi connectivity index (χ4n) is 2.26. The zero-order valence-electron chi connectivity index (χ0n) is 15.1. The van der Waals surface area contributed by atoms with Crippen molar-refractivity contribution in [3.63, 3.8) is 0 Å². The van der Waals surface area contributed by atoms with Crippen LogP contribution in [0.3, 0.4) is 0 Å². The summed E-state index contributed by atoms with van der Waals surface area (Å²) in [6.07, 6.45) is 0.235. The zero-order valence-corrected chi connectivity index (χ0v) is 15.1. The van der Waals surface area contributed by atoms with Gasteiger partial charge in [0.25, 0.3) is 5.69 Å². The minimum absolute atomic E-state index is 0.0958. The van der Waals surface area contributed by atoms with Gasteiger partial charge < -0.3 is 18.9 Å². The molecule has 9 nitrogen and oxygen atoms in total. The van der Waals surface area contributed by atoms with Crippen molar-refractivity contribution in [3.8, 4) is 5.75 Å². The predicted molar refractivity (Wildman–Crippen MR) is 97.4 cm³/mol. The molecule has 0 atom stereocenters. The molecular formula is C19H17NO8. The van der Waals surface area contributed by atoms with Crippen LogP contribution in [0.5, 0.6) is 5.75 Å². The van der Waals surface area contributed by atoms with E-state index in [0.29, 0.717) is 11.1 Å². The van der Waals surface area contributed by atoms with Gasteiger partial charge in [0.05, 0.1) is 25.4 Å². The molecule has 0 fully saturated rings. The third-order valence-electron chi connectivity index (χ3n) is 3.54. The molecule has 0 heterocycles. The van der Waals surface area contributed by atoms with Gasteiger partial charge in [-0.3, -0.25) is 10.1 Å². The van der Waals surface area contributed by atoms with Crippen molar-refractivity contribution in [1.29, 1.82) is 0 Å². The molecule has 0 saturated heterocycles. The molecule has 9 heteroatoms. The lowest BCUT2D eigenvalue weighted by Gasteiger charge is -2.12. The smallest absolute Gasteiger partial charge is 0.503 e. The molecule has 0 radical (unpaired) electrons. The van der Waals surface area contributed by atoms with Crippen molar-refractivity contribution >= 4 is 23.4 Å². The Kier molecular flexibility index (Phi) is 7.09. The molecule has 146 valence electrons. The molecule has 0 unspecified atom stereocenters. The van der Waals surface area contributed by atoms with Crippen molar-refractivity contribution < 1.29 is 33.5 Å². The molecule has 0 bridgehead atoms. The number of benzene rings is 2. The van der Waals surface area contributed by atoms with Gasteiger partial charge in [0.2, 0.25) is 0 Å². The summed E-state index contributed by atoms with van der Waals surface area (Å²) in [4.78, 5) is 33.9. The Morgan fingerprint density at radius 3 is 2.36 bits per heavy atom. The second kappa shape index (κ2) is 9.72. The Labute approximate surface area is 160 Å². The second-order valence-electron chi connectivity index (χ2n) is 5.31. The number of carbonyl (C=O) groups is 2. The van der Waals surface area contributed by atoms with Gasteiger partial charge in [0.15, 0.2) is 0 Å². The van der Waals surface area contributed by atoms with E-state index in [2.05, 4.69) is 0 Å². The lowest BCUT2D eigenvalue weighted by Crippen LogP contribution is -2.12. The number of methoxy groups -OCH3 is 2. The molecule has 0 N–H and O–H groups in total. The summed E-state index contributed by atoms with van der Waals surface area (Å²) in [6, 6.07) is 11.7. The zero-order chi connectivity index (χ0) is 20.5. The second-order valence-corrected chi connectivity index (χ2v) is 5.31. The van der Waals surface area contributed by atoms with E-state index in [1.54, 1.807) is 24.3 Å². The van der Waals surface area contributed by atoms with E-state index in [1.165, 1.54) is 44.7 Å². The van der Waals surface area contributed by atoms with Crippen LogP contribution in [0.15, 0.2) is 54.8 Å². The summed E-state index contributed by atoms with van der Waals surface area (Å²) >= 11 is 0. The van der Waals surface area contributed by atoms with Crippen LogP contribution in [-0.2, 0) is 25.6 Å². The Morgan fingerprint density at radius 1 is 1.07 bits per heavy atom. The highest BCUT2D eigenvalue weighted by atomic mass is 16.7. The molecule has 2 rings (SSSR count). The van der Waals surface area contributed by atoms with Gasteiger partial charge in [-0.1, -0.05) is 24.3 Å². The quantitative estimate of drug-likeness (QED) is 0.177. The summed E-state index contributed by atoms with van der Waals surface area (Å²) in [5.74, 6) is -0.513. The van der Waals surface area contributed by atoms with E-state index in [9.17, 15) is 19.7 Å². The number of nitro benzene ring substituents is 1. The molecule has 0 spiro atoms. The van der Waals surface area contributed by atoms with Crippen LogP contribution in [0.1, 0.15) is 11.1 Å². The first-order chi connectivity index (χ1) is 13.5. The fraction of sp³-hybridized carbons (Fsp3) is 0.158. The Hall–Kier alpha value is -3.88. The maximum absolute atomic E-state index is 12.0. The molecule has 0 aromatic heterocycles. The molecule has 28 heavy (non-hydrogen) atoms. The van der Waals surface area contributed by atoms with Crippen LogP contribution in [0.4, 0.5) is 10.5 Å². The number of esters is 1. The average molecular weight is 387 g/mol. The van der Waals surface area contributed by atoms with Crippen LogP contribution in [0.25, 0.3) is 5.57 Å². The SMILES string of the molecule is CO/C=C(/C(=O)OC)c1ccccc1COC(=O)Oc1ccc([N+](=O)[O-])cc1. The number of hydrogen-bond donors (Lipinski definition) is 0. The first-order valence-corrected chi connectivity index (χ1v) is 7.95. The van der Waals surface area contributed by atoms with Crippen molar-refractivity contribution in [2.45, 2.75) is 6.61 Å². The Morgan fingerprint density at radius 2 is 1.75 bits per heavy atom. The van der Waals surface area contributed by atoms with Crippen molar-refractivity contribution in [1.82, 2.24) is 0 Å². The van der Waals surface area contributed by atoms with E-state index < -0.39 is 17.0 Å². The summed E-state index contributed by atoms with van der Waals surface area (Å²) in [5.41, 5.74) is 1.03. The normalized spacial score (nSPS) is 10.7. The molecule has 2 aromatic rings. The van der Waals surface area contributed by atoms with Crippen LogP contribution >= 0.6 is 0 Å². The van der Waals surface area contributed by atoms with Crippen molar-refractivity contribution in [2.24, 2.45) is 0 Å². The number of nitro groups is 1. The van der Waals surface area contributed by atoms with Gasteiger partial charge in [0, 0.05) is 12.1 Å². The number of ether oxygens (including phenoxy) is 4. The van der Waals surface area contributed by atoms with Gasteiger partial charge in [-0.25, -0.2) is 9.59 Å². The molecule has 0 aliphatic heterocycles. The number of nitrogens with zero attached hydrogens (tertiary/aromatic N) is 1. The maximum atomic E-state index is 12.0. The highest BCUT2D eigenvalue weighted by Gasteiger charge is 2.18. The van der Waals surface area contributed by atoms with Gasteiger partial charge in [-0.05, 0) is 23.3 Å². The number of rotatable bonds is 7. The highest BCUT2D eigenvalue weighted by Crippen LogP contribution is 2.22. The summed E-state index contributed by atoms with van der Waals surface area (Å²) < 4.78 is 19.7. The van der Waals surface area contributed by atoms with Crippen molar-refractivity contribution in [3.05, 3.63) is 76.0 Å². The topological polar surface area (TPSA) is 114 Å². The summed E-state index contributed by atoms with van der Waals surface area (Å²) in [5, 5.41) is 10.6. The maximum Gasteiger partial charge on any atom is 0.514 e. The van der Waals surface area contributed by atoms with E-state index in [-0.39, 0.29) is 23.6 Å². The molecule has 0 aliphatic rings. The van der Waals surface area contributed by atoms with Crippen LogP contribution < -0.4 is 4.74 Å². The predicted octanol–water partition coefficient (Wildman–Crippen LogP) is 3.47. The molecule has 0 saturated carbocycles. The number of hydrogen-bond acceptors (Lipinski definition) is 8. The van der Waals surface area contributed by atoms with E-state index in [1.807, 2.05) is 0 Å². The largest absolute Gasteiger partial charge is 0.514 e. The molecule has 0 amide bonds. The third kappa shape index (κ3) is 5.31. The Balaban J connectivity index is 2.08. The highest BCUT2D eigenvalue weighted by molar-refractivity contribution is 6.16. The fourth-order valence-corrected chi connectivity index (χ4v) is 2.26. The first-order valence-electron chi connectivity index (χ1n) is 7.95. The average Bonchev–Trinajstić information content (AvgIpc) is 2.70. The molecular weight excluding hydrogens is 370 g/mol. The molecule has 0 aliphatic carbocycles. The third-order valence-corrected chi connectivity index (χ3v) is 3.54. The lowest BCUT2D eigenvalue weighted by molar-refractivity contribution is -0.384. The monoisotopic (exact) mass is 387 g/mol. The Bertz CT molecular complexity index is 889. The summed E-state index contributed by atoms with van der Waals surface area (Å²) in [6.45, 7) is -0.181. The summed E-state index contributed by atoms with van der Waals surface area (Å²) in [7, 11) is 2.64. The lowest BCUT2D eigenvalue weighted by atomic mass is 10.0. The van der Waals surface area contributed by atoms with Crippen LogP contribution in [0, 0.1) is 10.1 Å². The first kappa shape index (κ1) is 20.4. The molecule has 2 aromatic carbocycles. The van der Waals surface area contributed by atoms with Gasteiger partial charge in [0.1, 0.15) is 17.9 Å². The van der Waals surface area contributed by atoms with Crippen LogP contribution in [0.2, 0.25) is 0 Å². The van der Waals surface area contributed by atoms with Crippen LogP contribution in [-0.4, -0.2) is 31.3 Å². The number of non-ortho nitro benzene ring substituents is 1. The van der Waals surface area contributed by atoms with E-state index in [4.69, 9.17) is 18.9 Å². The number of carbonyl (C=O) groups excluding carboxylic acids is 2. The standard InChI is InChI=1S/C19H17NO8/c1-25-12-17(18(21)26-2)16-6-4-3-5-13(16)11-27-19(22)28-15-9-7-14(8-10-15)20(23)24/h3-10,12H,11H2,1-2H3/b17-12+. The van der Waals surface area contributed by atoms with Gasteiger partial charge >= 0.3 is 12.1 Å². The minimum Gasteiger partial charge on any atom is -0.503 e. The van der Waals surface area contributed by atoms with E-state index in [0.717, 1.165) is 0 Å². The van der Waals surface area contributed by atoms with E-state index >= 15 is 0 Å². The van der Waals surface area contributed by atoms with Gasteiger partial charge in [-0.15, -0.1) is 0 Å². The minimum atomic E-state index is -1.00. The van der Waals surface area contributed by atoms with Crippen molar-refractivity contribution in [2.75, 3.05) is 14.2 Å².